The Kier molecular flexibility index (Phi) is 4.97. The van der Waals surface area contributed by atoms with Gasteiger partial charge in [0, 0.05) is 0 Å². The van der Waals surface area contributed by atoms with E-state index in [-0.39, 0.29) is 0 Å². The second-order valence-corrected chi connectivity index (χ2v) is 8.61. The number of fused-ring (bicyclic) bond motifs is 1. The Balaban J connectivity index is 1.43. The van der Waals surface area contributed by atoms with Crippen LogP contribution in [-0.2, 0) is 0 Å². The first kappa shape index (κ1) is 16.9. The van der Waals surface area contributed by atoms with Crippen LogP contribution in [0.15, 0.2) is 48.5 Å². The van der Waals surface area contributed by atoms with Crippen molar-refractivity contribution in [2.75, 3.05) is 0 Å². The van der Waals surface area contributed by atoms with E-state index in [9.17, 15) is 0 Å². The Hall–Kier alpha value is -1.56. The largest absolute Gasteiger partial charge is 0.0651 e. The van der Waals surface area contributed by atoms with Gasteiger partial charge in [-0.25, -0.2) is 0 Å². The third kappa shape index (κ3) is 3.68. The highest BCUT2D eigenvalue weighted by Gasteiger charge is 2.35. The molecule has 0 spiro atoms. The van der Waals surface area contributed by atoms with Gasteiger partial charge in [-0.2, -0.15) is 0 Å². The van der Waals surface area contributed by atoms with Crippen molar-refractivity contribution in [2.24, 2.45) is 17.8 Å². The first-order valence-corrected chi connectivity index (χ1v) is 10.4. The summed E-state index contributed by atoms with van der Waals surface area (Å²) in [7, 11) is 0. The van der Waals surface area contributed by atoms with Gasteiger partial charge in [0.2, 0.25) is 0 Å². The van der Waals surface area contributed by atoms with Crippen molar-refractivity contribution in [3.05, 3.63) is 59.7 Å². The van der Waals surface area contributed by atoms with Crippen LogP contribution >= 0.6 is 0 Å². The maximum absolute atomic E-state index is 2.40. The number of hydrogen-bond donors (Lipinski definition) is 0. The summed E-state index contributed by atoms with van der Waals surface area (Å²) < 4.78 is 0. The van der Waals surface area contributed by atoms with Gasteiger partial charge in [0.05, 0.1) is 0 Å². The normalized spacial score (nSPS) is 29.2. The Morgan fingerprint density at radius 2 is 1.32 bits per heavy atom. The topological polar surface area (TPSA) is 0 Å². The predicted octanol–water partition coefficient (Wildman–Crippen LogP) is 7.37. The first-order valence-electron chi connectivity index (χ1n) is 10.4. The molecule has 0 N–H and O–H groups in total. The van der Waals surface area contributed by atoms with Crippen LogP contribution in [0.1, 0.15) is 68.9 Å². The Bertz CT molecular complexity index is 679. The number of benzene rings is 2. The molecule has 0 radical (unpaired) electrons. The lowest BCUT2D eigenvalue weighted by molar-refractivity contribution is 0.116. The van der Waals surface area contributed by atoms with Crippen LogP contribution in [0.4, 0.5) is 0 Å². The lowest BCUT2D eigenvalue weighted by Gasteiger charge is -2.42. The fourth-order valence-corrected chi connectivity index (χ4v) is 5.35. The van der Waals surface area contributed by atoms with Gasteiger partial charge >= 0.3 is 0 Å². The summed E-state index contributed by atoms with van der Waals surface area (Å²) in [5.74, 6) is 3.85. The van der Waals surface area contributed by atoms with Crippen molar-refractivity contribution in [2.45, 2.75) is 64.7 Å². The molecule has 4 unspecified atom stereocenters. The summed E-state index contributed by atoms with van der Waals surface area (Å²) in [6.07, 6.45) is 10.2. The lowest BCUT2D eigenvalue weighted by Crippen LogP contribution is -2.30. The van der Waals surface area contributed by atoms with Gasteiger partial charge in [-0.15, -0.1) is 0 Å². The summed E-state index contributed by atoms with van der Waals surface area (Å²) in [6, 6.07) is 18.4. The van der Waals surface area contributed by atoms with Crippen LogP contribution in [0.25, 0.3) is 11.1 Å². The molecule has 2 saturated carbocycles. The van der Waals surface area contributed by atoms with Gasteiger partial charge in [-0.1, -0.05) is 73.9 Å². The van der Waals surface area contributed by atoms with Gasteiger partial charge in [-0.3, -0.25) is 0 Å². The summed E-state index contributed by atoms with van der Waals surface area (Å²) in [5.41, 5.74) is 5.58. The summed E-state index contributed by atoms with van der Waals surface area (Å²) in [6.45, 7) is 4.53. The summed E-state index contributed by atoms with van der Waals surface area (Å²) in [4.78, 5) is 0. The minimum atomic E-state index is 0.798. The number of aryl methyl sites for hydroxylation is 1. The molecule has 0 heteroatoms. The second-order valence-electron chi connectivity index (χ2n) is 8.61. The molecule has 0 heterocycles. The minimum Gasteiger partial charge on any atom is -0.0651 e. The highest BCUT2D eigenvalue weighted by atomic mass is 14.4. The first-order chi connectivity index (χ1) is 12.2. The SMILES string of the molecule is CCC1CCC2CC(c3ccc(-c4ccc(C)cc4)cc3)CCC2C1. The Morgan fingerprint density at radius 1 is 0.720 bits per heavy atom. The van der Waals surface area contributed by atoms with E-state index in [1.54, 1.807) is 5.56 Å². The van der Waals surface area contributed by atoms with Crippen molar-refractivity contribution in [3.63, 3.8) is 0 Å². The van der Waals surface area contributed by atoms with Crippen LogP contribution in [0.5, 0.6) is 0 Å². The fourth-order valence-electron chi connectivity index (χ4n) is 5.35. The van der Waals surface area contributed by atoms with Gasteiger partial charge in [0.1, 0.15) is 0 Å². The fraction of sp³-hybridized carbons (Fsp3) is 0.520. The molecule has 2 fully saturated rings. The molecule has 2 aliphatic carbocycles. The van der Waals surface area contributed by atoms with Crippen LogP contribution in [0.2, 0.25) is 0 Å². The molecule has 0 saturated heterocycles. The third-order valence-electron chi connectivity index (χ3n) is 7.07. The van der Waals surface area contributed by atoms with E-state index >= 15 is 0 Å². The van der Waals surface area contributed by atoms with Crippen LogP contribution in [0.3, 0.4) is 0 Å². The quantitative estimate of drug-likeness (QED) is 0.550. The van der Waals surface area contributed by atoms with E-state index in [0.29, 0.717) is 0 Å². The van der Waals surface area contributed by atoms with Gasteiger partial charge in [-0.05, 0) is 79.4 Å². The molecule has 0 nitrogen and oxygen atoms in total. The molecule has 4 atom stereocenters. The summed E-state index contributed by atoms with van der Waals surface area (Å²) >= 11 is 0. The molecule has 0 aliphatic heterocycles. The van der Waals surface area contributed by atoms with Crippen molar-refractivity contribution in [3.8, 4) is 11.1 Å². The zero-order chi connectivity index (χ0) is 17.2. The van der Waals surface area contributed by atoms with Gasteiger partial charge in [0.15, 0.2) is 0 Å². The smallest absolute Gasteiger partial charge is 0.0159 e. The van der Waals surface area contributed by atoms with E-state index in [2.05, 4.69) is 62.4 Å². The maximum Gasteiger partial charge on any atom is -0.0159 e. The zero-order valence-electron chi connectivity index (χ0n) is 15.9. The molecule has 2 aromatic rings. The zero-order valence-corrected chi connectivity index (χ0v) is 15.9. The molecule has 2 aliphatic rings. The molecular formula is C25H32. The number of hydrogen-bond acceptors (Lipinski definition) is 0. The Labute approximate surface area is 153 Å². The average molecular weight is 333 g/mol. The maximum atomic E-state index is 2.40. The molecule has 0 aromatic heterocycles. The molecule has 0 bridgehead atoms. The second kappa shape index (κ2) is 7.36. The van der Waals surface area contributed by atoms with E-state index in [1.807, 2.05) is 0 Å². The Morgan fingerprint density at radius 3 is 2.00 bits per heavy atom. The molecule has 132 valence electrons. The van der Waals surface area contributed by atoms with Crippen LogP contribution in [-0.4, -0.2) is 0 Å². The highest BCUT2D eigenvalue weighted by Crippen LogP contribution is 2.48. The van der Waals surface area contributed by atoms with Gasteiger partial charge < -0.3 is 0 Å². The lowest BCUT2D eigenvalue weighted by atomic mass is 9.63. The van der Waals surface area contributed by atoms with E-state index in [0.717, 1.165) is 23.7 Å². The van der Waals surface area contributed by atoms with Crippen molar-refractivity contribution in [1.29, 1.82) is 0 Å². The average Bonchev–Trinajstić information content (AvgIpc) is 2.68. The molecule has 0 amide bonds. The van der Waals surface area contributed by atoms with Crippen molar-refractivity contribution >= 4 is 0 Å². The molecular weight excluding hydrogens is 300 g/mol. The predicted molar refractivity (Wildman–Crippen MR) is 108 cm³/mol. The van der Waals surface area contributed by atoms with Crippen LogP contribution in [0, 0.1) is 24.7 Å². The van der Waals surface area contributed by atoms with Crippen molar-refractivity contribution < 1.29 is 0 Å². The molecule has 4 rings (SSSR count). The monoisotopic (exact) mass is 332 g/mol. The van der Waals surface area contributed by atoms with Gasteiger partial charge in [0.25, 0.3) is 0 Å². The van der Waals surface area contributed by atoms with E-state index in [1.165, 1.54) is 61.6 Å². The van der Waals surface area contributed by atoms with Crippen molar-refractivity contribution in [1.82, 2.24) is 0 Å². The third-order valence-corrected chi connectivity index (χ3v) is 7.07. The number of rotatable bonds is 3. The standard InChI is InChI=1S/C25H32/c1-3-19-6-9-25-17-24(15-14-23(25)16-19)22-12-10-21(11-13-22)20-7-4-18(2)5-8-20/h4-5,7-8,10-13,19,23-25H,3,6,9,14-17H2,1-2H3. The van der Waals surface area contributed by atoms with E-state index < -0.39 is 0 Å². The summed E-state index contributed by atoms with van der Waals surface area (Å²) in [5, 5.41) is 0. The minimum absolute atomic E-state index is 0.798. The molecule has 2 aromatic carbocycles. The van der Waals surface area contributed by atoms with E-state index in [4.69, 9.17) is 0 Å². The molecule has 25 heavy (non-hydrogen) atoms. The van der Waals surface area contributed by atoms with Crippen LogP contribution < -0.4 is 0 Å². The highest BCUT2D eigenvalue weighted by molar-refractivity contribution is 5.64.